The first-order chi connectivity index (χ1) is 32.7. The van der Waals surface area contributed by atoms with Gasteiger partial charge in [-0.1, -0.05) is 137 Å². The van der Waals surface area contributed by atoms with Crippen LogP contribution in [-0.2, 0) is 10.8 Å². The lowest BCUT2D eigenvalue weighted by Crippen LogP contribution is -2.33. The number of rotatable bonds is 2. The van der Waals surface area contributed by atoms with Crippen LogP contribution in [0.5, 0.6) is 0 Å². The molecule has 2 aliphatic heterocycles. The third kappa shape index (κ3) is 4.54. The number of benzene rings is 9. The zero-order valence-electron chi connectivity index (χ0n) is 39.7. The normalized spacial score (nSPS) is 16.7. The maximum absolute atomic E-state index is 7.03. The summed E-state index contributed by atoms with van der Waals surface area (Å²) in [5.41, 5.74) is 29.2. The summed E-state index contributed by atoms with van der Waals surface area (Å²) in [6.45, 7) is 9.40. The van der Waals surface area contributed by atoms with Crippen molar-refractivity contribution >= 4 is 66.6 Å². The first-order valence-electron chi connectivity index (χ1n) is 24.1. The minimum atomic E-state index is -0.0648. The first kappa shape index (κ1) is 38.6. The van der Waals surface area contributed by atoms with E-state index >= 15 is 0 Å². The van der Waals surface area contributed by atoms with Crippen LogP contribution in [0.4, 0.5) is 22.7 Å². The second-order valence-electron chi connectivity index (χ2n) is 21.9. The van der Waals surface area contributed by atoms with Gasteiger partial charge < -0.3 is 8.83 Å². The molecule has 4 heteroatoms. The van der Waals surface area contributed by atoms with E-state index in [4.69, 9.17) is 8.83 Å². The highest BCUT2D eigenvalue weighted by atomic mass is 16.3. The summed E-state index contributed by atoms with van der Waals surface area (Å²) in [4.78, 5) is 0. The highest BCUT2D eigenvalue weighted by Crippen LogP contribution is 2.64. The molecule has 4 heterocycles. The van der Waals surface area contributed by atoms with Crippen LogP contribution >= 0.6 is 0 Å². The van der Waals surface area contributed by atoms with Crippen LogP contribution in [-0.4, -0.2) is 28.2 Å². The zero-order chi connectivity index (χ0) is 46.0. The Morgan fingerprint density at radius 1 is 0.338 bits per heavy atom. The van der Waals surface area contributed by atoms with Gasteiger partial charge in [-0.25, -0.2) is 0 Å². The van der Waals surface area contributed by atoms with E-state index in [2.05, 4.69) is 214 Å². The Balaban J connectivity index is 0.967. The maximum Gasteiger partial charge on any atom is 0.147 e. The van der Waals surface area contributed by atoms with E-state index in [0.717, 1.165) is 44.2 Å². The van der Waals surface area contributed by atoms with Crippen molar-refractivity contribution in [3.63, 3.8) is 0 Å². The quantitative estimate of drug-likeness (QED) is 0.162. The van der Waals surface area contributed by atoms with E-state index < -0.39 is 0 Å². The van der Waals surface area contributed by atoms with Crippen molar-refractivity contribution in [2.45, 2.75) is 38.5 Å². The molecule has 0 atom stereocenters. The van der Waals surface area contributed by atoms with Crippen LogP contribution < -0.4 is 8.97 Å². The molecule has 4 aliphatic rings. The fraction of sp³-hybridized carbons (Fsp3) is 0.156. The fourth-order valence-electron chi connectivity index (χ4n) is 13.6. The highest BCUT2D eigenvalue weighted by molar-refractivity contribution is 6.25. The second-order valence-corrected chi connectivity index (χ2v) is 21.9. The maximum atomic E-state index is 7.03. The van der Waals surface area contributed by atoms with Crippen molar-refractivity contribution in [2.75, 3.05) is 28.2 Å². The molecule has 2 aliphatic carbocycles. The number of nitrogens with zero attached hydrogens (tertiary/aromatic N) is 2. The molecule has 0 radical (unpaired) electrons. The van der Waals surface area contributed by atoms with Crippen molar-refractivity contribution in [1.82, 2.24) is 8.97 Å². The molecule has 326 valence electrons. The molecule has 4 nitrogen and oxygen atoms in total. The molecule has 0 N–H and O–H groups in total. The second kappa shape index (κ2) is 12.3. The van der Waals surface area contributed by atoms with Crippen molar-refractivity contribution in [1.29, 1.82) is 0 Å². The molecular formula is C64H50N2O2+2. The minimum Gasteiger partial charge on any atom is -0.455 e. The van der Waals surface area contributed by atoms with Crippen LogP contribution in [0.3, 0.4) is 0 Å². The van der Waals surface area contributed by atoms with Crippen LogP contribution in [0.15, 0.2) is 167 Å². The summed E-state index contributed by atoms with van der Waals surface area (Å²) in [7, 11) is 9.47. The minimum absolute atomic E-state index is 0.0648. The summed E-state index contributed by atoms with van der Waals surface area (Å²) < 4.78 is 15.3. The van der Waals surface area contributed by atoms with Gasteiger partial charge in [0, 0.05) is 67.8 Å². The first-order valence-corrected chi connectivity index (χ1v) is 24.1. The van der Waals surface area contributed by atoms with E-state index in [1.54, 1.807) is 0 Å². The van der Waals surface area contributed by atoms with E-state index in [1.165, 1.54) is 111 Å². The Kier molecular flexibility index (Phi) is 7.00. The third-order valence-corrected chi connectivity index (χ3v) is 17.1. The lowest BCUT2D eigenvalue weighted by Gasteiger charge is -2.27. The summed E-state index contributed by atoms with van der Waals surface area (Å²) in [5, 5.41) is 4.67. The number of para-hydroxylation sites is 2. The molecule has 15 rings (SSSR count). The van der Waals surface area contributed by atoms with Gasteiger partial charge in [-0.05, 0) is 79.9 Å². The smallest absolute Gasteiger partial charge is 0.147 e. The molecule has 0 saturated carbocycles. The van der Waals surface area contributed by atoms with Gasteiger partial charge in [-0.3, -0.25) is 8.97 Å². The summed E-state index contributed by atoms with van der Waals surface area (Å²) in [6.07, 6.45) is 0. The van der Waals surface area contributed by atoms with Gasteiger partial charge in [-0.2, -0.15) is 0 Å². The van der Waals surface area contributed by atoms with E-state index in [1.807, 2.05) is 0 Å². The Labute approximate surface area is 396 Å². The Hall–Kier alpha value is -7.50. The number of hydrogen-bond acceptors (Lipinski definition) is 2. The van der Waals surface area contributed by atoms with Gasteiger partial charge in [0.25, 0.3) is 0 Å². The average Bonchev–Trinajstić information content (AvgIpc) is 4.13. The molecule has 68 heavy (non-hydrogen) atoms. The molecule has 0 saturated heterocycles. The van der Waals surface area contributed by atoms with Gasteiger partial charge in [0.2, 0.25) is 0 Å². The van der Waals surface area contributed by atoms with Crippen LogP contribution in [0.2, 0.25) is 0 Å². The van der Waals surface area contributed by atoms with Gasteiger partial charge in [0.15, 0.2) is 0 Å². The SMILES string of the molecule is CC1(C)c2ccccc2-c2cc(-c3cc4c(c5c3oc3ccccc35)-c3cc5c(cc3[N+]4(C)C)-c3c(cc(-c4ccc6c(c4)-c4ccccc4C6(C)C)c4oc6ccccc6c34)[N+]5(C)C)ccc21. The monoisotopic (exact) mass is 878 g/mol. The molecule has 0 unspecified atom stereocenters. The molecule has 2 aromatic heterocycles. The summed E-state index contributed by atoms with van der Waals surface area (Å²) >= 11 is 0. The lowest BCUT2D eigenvalue weighted by atomic mass is 9.82. The third-order valence-electron chi connectivity index (χ3n) is 17.1. The van der Waals surface area contributed by atoms with Crippen molar-refractivity contribution < 1.29 is 8.83 Å². The van der Waals surface area contributed by atoms with Gasteiger partial charge in [-0.15, -0.1) is 0 Å². The van der Waals surface area contributed by atoms with Crippen LogP contribution in [0, 0.1) is 0 Å². The Bertz CT molecular complexity index is 3880. The van der Waals surface area contributed by atoms with Crippen LogP contribution in [0.25, 0.3) is 111 Å². The summed E-state index contributed by atoms with van der Waals surface area (Å²) in [5.74, 6) is 0. The largest absolute Gasteiger partial charge is 0.455 e. The summed E-state index contributed by atoms with van der Waals surface area (Å²) in [6, 6.07) is 59.2. The molecular weight excluding hydrogens is 829 g/mol. The van der Waals surface area contributed by atoms with Gasteiger partial charge >= 0.3 is 0 Å². The molecule has 0 amide bonds. The van der Waals surface area contributed by atoms with Gasteiger partial charge in [0.1, 0.15) is 45.1 Å². The molecule has 11 aromatic rings. The molecule has 0 bridgehead atoms. The predicted molar refractivity (Wildman–Crippen MR) is 284 cm³/mol. The number of furan rings is 2. The number of hydrogen-bond donors (Lipinski definition) is 0. The number of quaternary nitrogens is 2. The van der Waals surface area contributed by atoms with E-state index in [0.29, 0.717) is 8.97 Å². The standard InChI is InChI=1S/C64H50N2O2/c1-63(2)47-21-13-9-17-37(47)43-29-35(25-27-49(43)63)41-31-53-57(59-39-19-11-15-23-55(39)67-61(41)59)45-33-52-46(34-51(45)65(53,5)6)58-54(66(52,7)8)32-42(62-60(58)40-20-12-16-24-56(40)68-62)36-26-28-50-44(30-36)38-18-10-14-22-48(38)64(50,3)4/h9-34H,1-8H3/q+2. The Morgan fingerprint density at radius 2 is 0.706 bits per heavy atom. The molecule has 0 spiro atoms. The van der Waals surface area contributed by atoms with E-state index in [9.17, 15) is 0 Å². The van der Waals surface area contributed by atoms with Crippen molar-refractivity contribution in [2.24, 2.45) is 0 Å². The topological polar surface area (TPSA) is 26.3 Å². The van der Waals surface area contributed by atoms with Crippen LogP contribution in [0.1, 0.15) is 49.9 Å². The molecule has 9 aromatic carbocycles. The van der Waals surface area contributed by atoms with Crippen molar-refractivity contribution in [3.8, 4) is 66.8 Å². The average molecular weight is 879 g/mol. The Morgan fingerprint density at radius 3 is 1.15 bits per heavy atom. The highest BCUT2D eigenvalue weighted by Gasteiger charge is 2.48. The van der Waals surface area contributed by atoms with Crippen molar-refractivity contribution in [3.05, 3.63) is 180 Å². The fourth-order valence-corrected chi connectivity index (χ4v) is 13.6. The zero-order valence-corrected chi connectivity index (χ0v) is 39.7. The molecule has 0 fully saturated rings. The van der Waals surface area contributed by atoms with Gasteiger partial charge in [0.05, 0.1) is 50.4 Å². The predicted octanol–water partition coefficient (Wildman–Crippen LogP) is 17.2. The lowest BCUT2D eigenvalue weighted by molar-refractivity contribution is 0.563. The number of fused-ring (bicyclic) bond motifs is 20. The van der Waals surface area contributed by atoms with E-state index in [-0.39, 0.29) is 10.8 Å².